The topological polar surface area (TPSA) is 55.8 Å². The lowest BCUT2D eigenvalue weighted by molar-refractivity contribution is 0.0689. The third-order valence-electron chi connectivity index (χ3n) is 2.63. The lowest BCUT2D eigenvalue weighted by Crippen LogP contribution is -2.03. The summed E-state index contributed by atoms with van der Waals surface area (Å²) in [6.45, 7) is 0.409. The van der Waals surface area contributed by atoms with E-state index in [4.69, 9.17) is 14.6 Å². The fraction of sp³-hybridized carbons (Fsp3) is 0.133. The normalized spacial score (nSPS) is 10.3. The molecule has 0 spiro atoms. The molecule has 0 amide bonds. The van der Waals surface area contributed by atoms with E-state index in [0.717, 1.165) is 11.6 Å². The molecule has 0 saturated carbocycles. The summed E-state index contributed by atoms with van der Waals surface area (Å²) in [5.41, 5.74) is 0.392. The minimum absolute atomic E-state index is 0.0351. The lowest BCUT2D eigenvalue weighted by atomic mass is 10.2. The Balaban J connectivity index is 2.32. The maximum Gasteiger partial charge on any atom is 0.342 e. The van der Waals surface area contributed by atoms with E-state index in [2.05, 4.69) is 0 Å². The monoisotopic (exact) mass is 276 g/mol. The number of methoxy groups -OCH3 is 1. The van der Waals surface area contributed by atoms with Crippen LogP contribution < -0.4 is 4.74 Å². The molecule has 104 valence electrons. The van der Waals surface area contributed by atoms with Gasteiger partial charge in [-0.1, -0.05) is 18.2 Å². The van der Waals surface area contributed by atoms with E-state index in [0.29, 0.717) is 12.4 Å². The van der Waals surface area contributed by atoms with Crippen LogP contribution in [0, 0.1) is 5.82 Å². The first-order chi connectivity index (χ1) is 9.61. The van der Waals surface area contributed by atoms with Crippen molar-refractivity contribution in [1.29, 1.82) is 0 Å². The molecule has 20 heavy (non-hydrogen) atoms. The van der Waals surface area contributed by atoms with Crippen molar-refractivity contribution in [3.8, 4) is 11.5 Å². The largest absolute Gasteiger partial charge is 0.477 e. The number of carboxylic acids is 1. The summed E-state index contributed by atoms with van der Waals surface area (Å²) < 4.78 is 24.0. The Labute approximate surface area is 115 Å². The Kier molecular flexibility index (Phi) is 4.32. The van der Waals surface area contributed by atoms with Gasteiger partial charge in [0.05, 0.1) is 6.61 Å². The highest BCUT2D eigenvalue weighted by atomic mass is 19.1. The molecule has 2 aromatic rings. The third kappa shape index (κ3) is 3.13. The first-order valence-electron chi connectivity index (χ1n) is 5.89. The summed E-state index contributed by atoms with van der Waals surface area (Å²) in [4.78, 5) is 11.1. The molecule has 0 radical (unpaired) electrons. The number of benzene rings is 2. The second kappa shape index (κ2) is 6.16. The average molecular weight is 276 g/mol. The summed E-state index contributed by atoms with van der Waals surface area (Å²) in [6.07, 6.45) is 0. The number of halogens is 1. The maximum atomic E-state index is 13.5. The molecule has 0 aliphatic heterocycles. The summed E-state index contributed by atoms with van der Waals surface area (Å²) in [6, 6.07) is 10.9. The SMILES string of the molecule is COCc1cccc(Oc2cccc(F)c2C(=O)O)c1. The molecule has 0 aliphatic rings. The molecule has 0 atom stereocenters. The van der Waals surface area contributed by atoms with Gasteiger partial charge in [0.1, 0.15) is 22.9 Å². The molecule has 1 N–H and O–H groups in total. The fourth-order valence-electron chi connectivity index (χ4n) is 1.79. The molecular formula is C15H13FO4. The number of ether oxygens (including phenoxy) is 2. The smallest absolute Gasteiger partial charge is 0.342 e. The minimum atomic E-state index is -1.37. The van der Waals surface area contributed by atoms with Crippen molar-refractivity contribution in [2.75, 3.05) is 7.11 Å². The fourth-order valence-corrected chi connectivity index (χ4v) is 1.79. The summed E-state index contributed by atoms with van der Waals surface area (Å²) in [7, 11) is 1.57. The summed E-state index contributed by atoms with van der Waals surface area (Å²) >= 11 is 0. The van der Waals surface area contributed by atoms with E-state index in [-0.39, 0.29) is 5.75 Å². The van der Waals surface area contributed by atoms with Crippen molar-refractivity contribution < 1.29 is 23.8 Å². The predicted octanol–water partition coefficient (Wildman–Crippen LogP) is 3.46. The second-order valence-corrected chi connectivity index (χ2v) is 4.10. The molecule has 0 saturated heterocycles. The first-order valence-corrected chi connectivity index (χ1v) is 5.89. The van der Waals surface area contributed by atoms with Crippen LogP contribution in [0.3, 0.4) is 0 Å². The highest BCUT2D eigenvalue weighted by Crippen LogP contribution is 2.27. The van der Waals surface area contributed by atoms with Crippen LogP contribution in [0.25, 0.3) is 0 Å². The van der Waals surface area contributed by atoms with Crippen LogP contribution in [0.15, 0.2) is 42.5 Å². The van der Waals surface area contributed by atoms with E-state index in [1.165, 1.54) is 12.1 Å². The minimum Gasteiger partial charge on any atom is -0.477 e. The van der Waals surface area contributed by atoms with Gasteiger partial charge in [-0.3, -0.25) is 0 Å². The molecule has 0 unspecified atom stereocenters. The van der Waals surface area contributed by atoms with Gasteiger partial charge in [0.25, 0.3) is 0 Å². The Morgan fingerprint density at radius 2 is 2.00 bits per heavy atom. The zero-order chi connectivity index (χ0) is 14.5. The Bertz CT molecular complexity index is 625. The van der Waals surface area contributed by atoms with Crippen LogP contribution in [-0.2, 0) is 11.3 Å². The average Bonchev–Trinajstić information content (AvgIpc) is 2.39. The molecule has 0 heterocycles. The lowest BCUT2D eigenvalue weighted by Gasteiger charge is -2.10. The third-order valence-corrected chi connectivity index (χ3v) is 2.63. The summed E-state index contributed by atoms with van der Waals surface area (Å²) in [5.74, 6) is -1.81. The summed E-state index contributed by atoms with van der Waals surface area (Å²) in [5, 5.41) is 9.02. The first kappa shape index (κ1) is 14.0. The van der Waals surface area contributed by atoms with Crippen molar-refractivity contribution in [2.45, 2.75) is 6.61 Å². The van der Waals surface area contributed by atoms with E-state index in [1.807, 2.05) is 6.07 Å². The number of rotatable bonds is 5. The standard InChI is InChI=1S/C15H13FO4/c1-19-9-10-4-2-5-11(8-10)20-13-7-3-6-12(16)14(13)15(17)18/h2-8H,9H2,1H3,(H,17,18). The van der Waals surface area contributed by atoms with Crippen LogP contribution in [0.2, 0.25) is 0 Å². The van der Waals surface area contributed by atoms with Gasteiger partial charge in [-0.25, -0.2) is 9.18 Å². The predicted molar refractivity (Wildman–Crippen MR) is 70.6 cm³/mol. The quantitative estimate of drug-likeness (QED) is 0.908. The molecule has 2 rings (SSSR count). The maximum absolute atomic E-state index is 13.5. The van der Waals surface area contributed by atoms with Crippen LogP contribution in [0.4, 0.5) is 4.39 Å². The number of carboxylic acid groups (broad SMARTS) is 1. The van der Waals surface area contributed by atoms with Gasteiger partial charge in [0, 0.05) is 7.11 Å². The van der Waals surface area contributed by atoms with E-state index in [1.54, 1.807) is 25.3 Å². The van der Waals surface area contributed by atoms with Gasteiger partial charge < -0.3 is 14.6 Å². The Hall–Kier alpha value is -2.40. The van der Waals surface area contributed by atoms with Crippen molar-refractivity contribution in [3.05, 3.63) is 59.4 Å². The molecule has 0 fully saturated rings. The van der Waals surface area contributed by atoms with E-state index < -0.39 is 17.3 Å². The van der Waals surface area contributed by atoms with Gasteiger partial charge in [0.2, 0.25) is 0 Å². The van der Waals surface area contributed by atoms with Gasteiger partial charge in [-0.15, -0.1) is 0 Å². The second-order valence-electron chi connectivity index (χ2n) is 4.10. The number of aromatic carboxylic acids is 1. The van der Waals surface area contributed by atoms with Crippen LogP contribution in [-0.4, -0.2) is 18.2 Å². The van der Waals surface area contributed by atoms with Gasteiger partial charge in [0.15, 0.2) is 0 Å². The molecule has 0 aromatic heterocycles. The van der Waals surface area contributed by atoms with Gasteiger partial charge in [-0.2, -0.15) is 0 Å². The molecular weight excluding hydrogens is 263 g/mol. The number of hydrogen-bond donors (Lipinski definition) is 1. The zero-order valence-corrected chi connectivity index (χ0v) is 10.8. The highest BCUT2D eigenvalue weighted by molar-refractivity contribution is 5.91. The molecule has 5 heteroatoms. The van der Waals surface area contributed by atoms with Crippen LogP contribution in [0.1, 0.15) is 15.9 Å². The molecule has 2 aromatic carbocycles. The number of hydrogen-bond acceptors (Lipinski definition) is 3. The number of carbonyl (C=O) groups is 1. The van der Waals surface area contributed by atoms with E-state index >= 15 is 0 Å². The highest BCUT2D eigenvalue weighted by Gasteiger charge is 2.17. The van der Waals surface area contributed by atoms with Crippen molar-refractivity contribution in [3.63, 3.8) is 0 Å². The van der Waals surface area contributed by atoms with Gasteiger partial charge in [-0.05, 0) is 29.8 Å². The van der Waals surface area contributed by atoms with Crippen LogP contribution in [0.5, 0.6) is 11.5 Å². The molecule has 0 bridgehead atoms. The molecule has 0 aliphatic carbocycles. The Morgan fingerprint density at radius 1 is 1.25 bits per heavy atom. The van der Waals surface area contributed by atoms with E-state index in [9.17, 15) is 9.18 Å². The van der Waals surface area contributed by atoms with Gasteiger partial charge >= 0.3 is 5.97 Å². The van der Waals surface area contributed by atoms with Crippen molar-refractivity contribution in [1.82, 2.24) is 0 Å². The Morgan fingerprint density at radius 3 is 2.70 bits per heavy atom. The van der Waals surface area contributed by atoms with Crippen molar-refractivity contribution >= 4 is 5.97 Å². The van der Waals surface area contributed by atoms with Crippen LogP contribution >= 0.6 is 0 Å². The zero-order valence-electron chi connectivity index (χ0n) is 10.8. The van der Waals surface area contributed by atoms with Crippen molar-refractivity contribution in [2.24, 2.45) is 0 Å². The molecule has 4 nitrogen and oxygen atoms in total.